The second kappa shape index (κ2) is 11.1. The molecule has 0 bridgehead atoms. The molecule has 0 aliphatic carbocycles. The van der Waals surface area contributed by atoms with Crippen molar-refractivity contribution in [1.29, 1.82) is 5.41 Å². The Labute approximate surface area is 191 Å². The molecule has 0 aromatic heterocycles. The Hall–Kier alpha value is -2.89. The molecule has 32 heavy (non-hydrogen) atoms. The van der Waals surface area contributed by atoms with Gasteiger partial charge in [-0.3, -0.25) is 0 Å². The monoisotopic (exact) mass is 440 g/mol. The average molecular weight is 441 g/mol. The molecule has 2 aromatic carbocycles. The van der Waals surface area contributed by atoms with E-state index < -0.39 is 0 Å². The zero-order valence-corrected chi connectivity index (χ0v) is 20.1. The smallest absolute Gasteiger partial charge is 0.315 e. The first-order chi connectivity index (χ1) is 15.0. The van der Waals surface area contributed by atoms with Crippen LogP contribution in [0.15, 0.2) is 42.5 Å². The maximum Gasteiger partial charge on any atom is 0.315 e. The van der Waals surface area contributed by atoms with Gasteiger partial charge in [-0.15, -0.1) is 0 Å². The minimum absolute atomic E-state index is 0.0841. The molecule has 2 aromatic rings. The van der Waals surface area contributed by atoms with E-state index in [0.29, 0.717) is 12.5 Å². The molecule has 1 unspecified atom stereocenters. The number of anilines is 2. The minimum Gasteiger partial charge on any atom is -0.355 e. The van der Waals surface area contributed by atoms with Crippen molar-refractivity contribution in [1.82, 2.24) is 10.6 Å². The van der Waals surface area contributed by atoms with Gasteiger partial charge < -0.3 is 21.4 Å². The van der Waals surface area contributed by atoms with E-state index >= 15 is 0 Å². The van der Waals surface area contributed by atoms with Crippen molar-refractivity contribution in [2.45, 2.75) is 59.9 Å². The molecule has 174 valence electrons. The minimum atomic E-state index is -0.285. The van der Waals surface area contributed by atoms with Crippen molar-refractivity contribution in [2.24, 2.45) is 11.3 Å². The summed E-state index contributed by atoms with van der Waals surface area (Å²) in [6.45, 7) is 13.2. The molecule has 0 saturated heterocycles. The molecular weight excluding hydrogens is 403 g/mol. The van der Waals surface area contributed by atoms with E-state index in [2.05, 4.69) is 49.7 Å². The van der Waals surface area contributed by atoms with Gasteiger partial charge in [-0.2, -0.15) is 0 Å². The Bertz CT molecular complexity index is 907. The zero-order chi connectivity index (χ0) is 23.9. The summed E-state index contributed by atoms with van der Waals surface area (Å²) in [5.74, 6) is 0.386. The van der Waals surface area contributed by atoms with Gasteiger partial charge in [-0.1, -0.05) is 33.8 Å². The van der Waals surface area contributed by atoms with Gasteiger partial charge in [0.1, 0.15) is 5.82 Å². The lowest BCUT2D eigenvalue weighted by atomic mass is 9.71. The molecule has 4 N–H and O–H groups in total. The van der Waals surface area contributed by atoms with E-state index in [0.717, 1.165) is 28.9 Å². The summed E-state index contributed by atoms with van der Waals surface area (Å²) in [6.07, 6.45) is 2.30. The van der Waals surface area contributed by atoms with E-state index in [1.165, 1.54) is 18.3 Å². The normalized spacial score (nSPS) is 12.5. The van der Waals surface area contributed by atoms with Crippen molar-refractivity contribution in [3.05, 3.63) is 59.4 Å². The van der Waals surface area contributed by atoms with Crippen LogP contribution in [-0.4, -0.2) is 24.8 Å². The van der Waals surface area contributed by atoms with Crippen LogP contribution in [0.1, 0.15) is 65.0 Å². The third-order valence-electron chi connectivity index (χ3n) is 5.53. The Balaban J connectivity index is 2.28. The summed E-state index contributed by atoms with van der Waals surface area (Å²) in [6, 6.07) is 12.2. The number of benzene rings is 2. The van der Waals surface area contributed by atoms with Gasteiger partial charge in [0.05, 0.1) is 0 Å². The number of carbonyl (C=O) groups is 1. The lowest BCUT2D eigenvalue weighted by Gasteiger charge is -2.36. The van der Waals surface area contributed by atoms with Crippen molar-refractivity contribution in [2.75, 3.05) is 11.9 Å². The molecule has 2 amide bonds. The number of halogens is 1. The van der Waals surface area contributed by atoms with Gasteiger partial charge >= 0.3 is 6.03 Å². The summed E-state index contributed by atoms with van der Waals surface area (Å²) < 4.78 is 13.2. The number of nitrogens with one attached hydrogen (secondary N) is 4. The Kier molecular flexibility index (Phi) is 8.81. The van der Waals surface area contributed by atoms with Crippen LogP contribution in [0, 0.1) is 22.6 Å². The summed E-state index contributed by atoms with van der Waals surface area (Å²) in [5.41, 5.74) is 3.27. The first kappa shape index (κ1) is 25.4. The summed E-state index contributed by atoms with van der Waals surface area (Å²) in [5, 5.41) is 17.1. The van der Waals surface area contributed by atoms with Crippen molar-refractivity contribution in [3.8, 4) is 0 Å². The molecule has 1 atom stereocenters. The molecule has 0 radical (unpaired) electrons. The zero-order valence-electron chi connectivity index (χ0n) is 20.1. The fourth-order valence-electron chi connectivity index (χ4n) is 3.84. The van der Waals surface area contributed by atoms with E-state index in [1.54, 1.807) is 12.1 Å². The van der Waals surface area contributed by atoms with Crippen molar-refractivity contribution in [3.63, 3.8) is 0 Å². The molecule has 0 fully saturated rings. The highest BCUT2D eigenvalue weighted by Gasteiger charge is 2.32. The highest BCUT2D eigenvalue weighted by atomic mass is 19.1. The summed E-state index contributed by atoms with van der Waals surface area (Å²) in [7, 11) is 0. The third-order valence-corrected chi connectivity index (χ3v) is 5.53. The van der Waals surface area contributed by atoms with Crippen LogP contribution in [0.5, 0.6) is 0 Å². The maximum atomic E-state index is 13.2. The molecule has 6 heteroatoms. The van der Waals surface area contributed by atoms with Gasteiger partial charge in [0.2, 0.25) is 0 Å². The second-order valence-electron chi connectivity index (χ2n) is 9.78. The number of rotatable bonds is 10. The quantitative estimate of drug-likeness (QED) is 0.321. The standard InChI is InChI=1S/C26H37FN4O/c1-17(2)13-23(26(5,6)16-29-25(32)30-18(3)4)19-7-12-24(20(14-19)15-28)31-22-10-8-21(27)9-11-22/h7-12,14-15,17-18,23,28,31H,13,16H2,1-6H3,(H2,29,30,32). The van der Waals surface area contributed by atoms with E-state index in [9.17, 15) is 9.18 Å². The topological polar surface area (TPSA) is 77.0 Å². The van der Waals surface area contributed by atoms with Crippen LogP contribution < -0.4 is 16.0 Å². The second-order valence-corrected chi connectivity index (χ2v) is 9.78. The Morgan fingerprint density at radius 2 is 1.75 bits per heavy atom. The number of hydrogen-bond donors (Lipinski definition) is 4. The van der Waals surface area contributed by atoms with E-state index in [-0.39, 0.29) is 29.2 Å². The molecule has 0 spiro atoms. The Morgan fingerprint density at radius 1 is 1.09 bits per heavy atom. The van der Waals surface area contributed by atoms with E-state index in [1.807, 2.05) is 26.0 Å². The fraction of sp³-hybridized carbons (Fsp3) is 0.462. The molecule has 0 aliphatic heterocycles. The molecule has 0 aliphatic rings. The number of hydrogen-bond acceptors (Lipinski definition) is 3. The van der Waals surface area contributed by atoms with Gasteiger partial charge in [0.15, 0.2) is 0 Å². The fourth-order valence-corrected chi connectivity index (χ4v) is 3.84. The molecule has 5 nitrogen and oxygen atoms in total. The van der Waals surface area contributed by atoms with Gasteiger partial charge in [-0.25, -0.2) is 9.18 Å². The van der Waals surface area contributed by atoms with Gasteiger partial charge in [0, 0.05) is 35.7 Å². The van der Waals surface area contributed by atoms with Crippen LogP contribution in [0.4, 0.5) is 20.6 Å². The predicted octanol–water partition coefficient (Wildman–Crippen LogP) is 6.43. The highest BCUT2D eigenvalue weighted by Crippen LogP contribution is 2.41. The molecular formula is C26H37FN4O. The maximum absolute atomic E-state index is 13.2. The lowest BCUT2D eigenvalue weighted by molar-refractivity contribution is 0.216. The first-order valence-corrected chi connectivity index (χ1v) is 11.2. The number of urea groups is 1. The van der Waals surface area contributed by atoms with Crippen LogP contribution in [-0.2, 0) is 0 Å². The molecule has 2 rings (SSSR count). The van der Waals surface area contributed by atoms with Crippen LogP contribution >= 0.6 is 0 Å². The lowest BCUT2D eigenvalue weighted by Crippen LogP contribution is -2.45. The van der Waals surface area contributed by atoms with Crippen LogP contribution in [0.2, 0.25) is 0 Å². The third kappa shape index (κ3) is 7.36. The van der Waals surface area contributed by atoms with Crippen molar-refractivity contribution >= 4 is 23.6 Å². The summed E-state index contributed by atoms with van der Waals surface area (Å²) in [4.78, 5) is 12.1. The Morgan fingerprint density at radius 3 is 2.31 bits per heavy atom. The summed E-state index contributed by atoms with van der Waals surface area (Å²) >= 11 is 0. The molecule has 0 heterocycles. The van der Waals surface area contributed by atoms with Gasteiger partial charge in [-0.05, 0) is 79.5 Å². The highest BCUT2D eigenvalue weighted by molar-refractivity contribution is 5.87. The SMILES string of the molecule is CC(C)CC(c1ccc(Nc2ccc(F)cc2)c(C=N)c1)C(C)(C)CNC(=O)NC(C)C. The van der Waals surface area contributed by atoms with E-state index in [4.69, 9.17) is 5.41 Å². The van der Waals surface area contributed by atoms with Gasteiger partial charge in [0.25, 0.3) is 0 Å². The number of amides is 2. The predicted molar refractivity (Wildman–Crippen MR) is 132 cm³/mol. The van der Waals surface area contributed by atoms with Crippen LogP contribution in [0.25, 0.3) is 0 Å². The largest absolute Gasteiger partial charge is 0.355 e. The first-order valence-electron chi connectivity index (χ1n) is 11.2. The van der Waals surface area contributed by atoms with Crippen LogP contribution in [0.3, 0.4) is 0 Å². The number of carbonyl (C=O) groups excluding carboxylic acids is 1. The average Bonchev–Trinajstić information content (AvgIpc) is 2.72. The molecule has 0 saturated carbocycles. The van der Waals surface area contributed by atoms with Crippen molar-refractivity contribution < 1.29 is 9.18 Å².